The number of benzene rings is 1. The van der Waals surface area contributed by atoms with Crippen molar-refractivity contribution in [3.8, 4) is 22.8 Å². The second kappa shape index (κ2) is 6.73. The molecule has 0 aliphatic heterocycles. The summed E-state index contributed by atoms with van der Waals surface area (Å²) in [7, 11) is 0. The van der Waals surface area contributed by atoms with Crippen LogP contribution in [0.1, 0.15) is 55.4 Å². The lowest BCUT2D eigenvalue weighted by Crippen LogP contribution is -2.37. The number of pyridine rings is 1. The average molecular weight is 445 g/mol. The van der Waals surface area contributed by atoms with Crippen molar-refractivity contribution in [1.82, 2.24) is 25.4 Å². The van der Waals surface area contributed by atoms with Gasteiger partial charge in [-0.2, -0.15) is 5.10 Å². The zero-order valence-corrected chi connectivity index (χ0v) is 18.4. The van der Waals surface area contributed by atoms with Crippen LogP contribution in [-0.2, 0) is 5.41 Å². The van der Waals surface area contributed by atoms with E-state index in [1.165, 1.54) is 18.2 Å². The molecule has 2 aliphatic carbocycles. The first-order valence-corrected chi connectivity index (χ1v) is 10.9. The lowest BCUT2D eigenvalue weighted by atomic mass is 9.66. The van der Waals surface area contributed by atoms with Crippen molar-refractivity contribution in [1.29, 1.82) is 0 Å². The molecular formula is C25H21F2N5O. The second-order valence-corrected chi connectivity index (χ2v) is 9.38. The molecule has 1 aromatic carbocycles. The third-order valence-electron chi connectivity index (χ3n) is 7.53. The Morgan fingerprint density at radius 2 is 1.70 bits per heavy atom. The van der Waals surface area contributed by atoms with Crippen molar-refractivity contribution in [2.45, 2.75) is 44.9 Å². The molecule has 166 valence electrons. The Kier molecular flexibility index (Phi) is 4.09. The first-order valence-electron chi connectivity index (χ1n) is 10.9. The Balaban J connectivity index is 1.53. The van der Waals surface area contributed by atoms with Gasteiger partial charge in [-0.1, -0.05) is 26.0 Å². The van der Waals surface area contributed by atoms with Crippen molar-refractivity contribution in [3.05, 3.63) is 76.9 Å². The van der Waals surface area contributed by atoms with Crippen LogP contribution >= 0.6 is 0 Å². The highest BCUT2D eigenvalue weighted by atomic mass is 19.1. The number of fused-ring (bicyclic) bond motifs is 5. The Morgan fingerprint density at radius 1 is 0.939 bits per heavy atom. The van der Waals surface area contributed by atoms with Gasteiger partial charge in [0.1, 0.15) is 17.3 Å². The molecule has 2 bridgehead atoms. The molecule has 2 aliphatic rings. The Bertz CT molecular complexity index is 1400. The van der Waals surface area contributed by atoms with E-state index >= 15 is 0 Å². The minimum atomic E-state index is -0.648. The van der Waals surface area contributed by atoms with Gasteiger partial charge in [0.15, 0.2) is 0 Å². The fourth-order valence-corrected chi connectivity index (χ4v) is 5.95. The molecule has 33 heavy (non-hydrogen) atoms. The molecule has 2 atom stereocenters. The van der Waals surface area contributed by atoms with Crippen LogP contribution in [-0.4, -0.2) is 25.4 Å². The van der Waals surface area contributed by atoms with Gasteiger partial charge in [0.25, 0.3) is 5.89 Å². The van der Waals surface area contributed by atoms with Crippen LogP contribution in [0.2, 0.25) is 0 Å². The van der Waals surface area contributed by atoms with E-state index in [2.05, 4.69) is 34.2 Å². The lowest BCUT2D eigenvalue weighted by molar-refractivity contribution is 0.243. The van der Waals surface area contributed by atoms with Crippen molar-refractivity contribution in [2.24, 2.45) is 5.41 Å². The molecule has 0 saturated heterocycles. The van der Waals surface area contributed by atoms with E-state index in [0.717, 1.165) is 29.8 Å². The van der Waals surface area contributed by atoms with Gasteiger partial charge in [0.2, 0.25) is 5.89 Å². The summed E-state index contributed by atoms with van der Waals surface area (Å²) < 4.78 is 34.5. The summed E-state index contributed by atoms with van der Waals surface area (Å²) in [5.41, 5.74) is 2.66. The summed E-state index contributed by atoms with van der Waals surface area (Å²) in [6.07, 6.45) is 1.79. The Labute approximate surface area is 189 Å². The SMILES string of the molecule is Cc1nnc(-c2cccc([C@@]34CC[C@@H](c5cc(-c6c(F)cccc6F)nnc53)C4(C)C)n2)o1. The van der Waals surface area contributed by atoms with E-state index in [4.69, 9.17) is 9.40 Å². The molecule has 3 heterocycles. The molecule has 0 radical (unpaired) electrons. The highest BCUT2D eigenvalue weighted by Crippen LogP contribution is 2.69. The van der Waals surface area contributed by atoms with E-state index in [1.807, 2.05) is 24.3 Å². The number of aromatic nitrogens is 5. The first-order chi connectivity index (χ1) is 15.8. The van der Waals surface area contributed by atoms with E-state index in [1.54, 1.807) is 6.92 Å². The molecule has 8 heteroatoms. The van der Waals surface area contributed by atoms with Crippen molar-refractivity contribution in [3.63, 3.8) is 0 Å². The molecule has 1 fully saturated rings. The summed E-state index contributed by atoms with van der Waals surface area (Å²) in [6, 6.07) is 11.4. The molecule has 4 aromatic rings. The molecule has 0 unspecified atom stereocenters. The standard InChI is InChI=1S/C25H21F2N5O/c1-13-29-32-23(33-13)18-8-5-9-20(28-18)25-11-10-15(24(25,2)3)14-12-19(30-31-22(14)25)21-16(26)6-4-7-17(21)27/h4-9,12,15H,10-11H2,1-3H3/t15-,25-/m0/s1. The Morgan fingerprint density at radius 3 is 2.42 bits per heavy atom. The molecular weight excluding hydrogens is 424 g/mol. The number of aryl methyl sites for hydroxylation is 1. The normalized spacial score (nSPS) is 22.5. The fraction of sp³-hybridized carbons (Fsp3) is 0.320. The van der Waals surface area contributed by atoms with E-state index in [9.17, 15) is 8.78 Å². The number of halogens is 2. The van der Waals surface area contributed by atoms with Crippen LogP contribution < -0.4 is 0 Å². The van der Waals surface area contributed by atoms with Crippen LogP contribution in [0.5, 0.6) is 0 Å². The van der Waals surface area contributed by atoms with Crippen LogP contribution in [0, 0.1) is 24.0 Å². The van der Waals surface area contributed by atoms with Crippen molar-refractivity contribution >= 4 is 0 Å². The lowest BCUT2D eigenvalue weighted by Gasteiger charge is -2.37. The summed E-state index contributed by atoms with van der Waals surface area (Å²) in [5, 5.41) is 16.9. The molecule has 6 nitrogen and oxygen atoms in total. The maximum absolute atomic E-state index is 14.4. The largest absolute Gasteiger partial charge is 0.420 e. The number of hydrogen-bond acceptors (Lipinski definition) is 6. The maximum Gasteiger partial charge on any atom is 0.266 e. The fourth-order valence-electron chi connectivity index (χ4n) is 5.95. The van der Waals surface area contributed by atoms with Crippen molar-refractivity contribution < 1.29 is 13.2 Å². The van der Waals surface area contributed by atoms with Crippen LogP contribution in [0.25, 0.3) is 22.8 Å². The highest BCUT2D eigenvalue weighted by molar-refractivity contribution is 5.64. The van der Waals surface area contributed by atoms with Gasteiger partial charge in [0.05, 0.1) is 28.1 Å². The highest BCUT2D eigenvalue weighted by Gasteiger charge is 2.65. The van der Waals surface area contributed by atoms with Gasteiger partial charge >= 0.3 is 0 Å². The van der Waals surface area contributed by atoms with Crippen LogP contribution in [0.15, 0.2) is 46.9 Å². The molecule has 0 spiro atoms. The summed E-state index contributed by atoms with van der Waals surface area (Å²) in [6.45, 7) is 6.16. The molecule has 0 amide bonds. The minimum absolute atomic E-state index is 0.144. The quantitative estimate of drug-likeness (QED) is 0.421. The van der Waals surface area contributed by atoms with E-state index < -0.39 is 17.0 Å². The monoisotopic (exact) mass is 445 g/mol. The number of nitrogens with zero attached hydrogens (tertiary/aromatic N) is 5. The van der Waals surface area contributed by atoms with Crippen molar-refractivity contribution in [2.75, 3.05) is 0 Å². The number of rotatable bonds is 3. The first kappa shape index (κ1) is 20.1. The summed E-state index contributed by atoms with van der Waals surface area (Å²) in [5.74, 6) is -0.279. The van der Waals surface area contributed by atoms with Gasteiger partial charge < -0.3 is 4.42 Å². The van der Waals surface area contributed by atoms with Gasteiger partial charge in [0, 0.05) is 6.92 Å². The maximum atomic E-state index is 14.4. The predicted octanol–water partition coefficient (Wildman–Crippen LogP) is 5.38. The Hall–Kier alpha value is -3.55. The molecule has 1 saturated carbocycles. The zero-order valence-electron chi connectivity index (χ0n) is 18.4. The van der Waals surface area contributed by atoms with E-state index in [0.29, 0.717) is 17.5 Å². The minimum Gasteiger partial charge on any atom is -0.420 e. The average Bonchev–Trinajstić information content (AvgIpc) is 3.40. The topological polar surface area (TPSA) is 77.6 Å². The second-order valence-electron chi connectivity index (χ2n) is 9.38. The number of hydrogen-bond donors (Lipinski definition) is 0. The predicted molar refractivity (Wildman–Crippen MR) is 116 cm³/mol. The van der Waals surface area contributed by atoms with Crippen LogP contribution in [0.3, 0.4) is 0 Å². The van der Waals surface area contributed by atoms with Gasteiger partial charge in [-0.25, -0.2) is 13.8 Å². The summed E-state index contributed by atoms with van der Waals surface area (Å²) in [4.78, 5) is 4.93. The third-order valence-corrected chi connectivity index (χ3v) is 7.53. The molecule has 6 rings (SSSR count). The zero-order chi connectivity index (χ0) is 23.0. The van der Waals surface area contributed by atoms with Gasteiger partial charge in [-0.05, 0) is 60.1 Å². The van der Waals surface area contributed by atoms with Gasteiger partial charge in [-0.15, -0.1) is 15.3 Å². The molecule has 3 aromatic heterocycles. The van der Waals surface area contributed by atoms with E-state index in [-0.39, 0.29) is 22.6 Å². The van der Waals surface area contributed by atoms with Crippen LogP contribution in [0.4, 0.5) is 8.78 Å². The third kappa shape index (κ3) is 2.60. The van der Waals surface area contributed by atoms with Gasteiger partial charge in [-0.3, -0.25) is 0 Å². The summed E-state index contributed by atoms with van der Waals surface area (Å²) >= 11 is 0. The smallest absolute Gasteiger partial charge is 0.266 e. The molecule has 0 N–H and O–H groups in total.